The molecule has 0 spiro atoms. The number of aromatic hydroxyl groups is 1. The maximum absolute atomic E-state index is 12.9. The maximum Gasteiger partial charge on any atom is 0.290 e. The Morgan fingerprint density at radius 3 is 2.46 bits per heavy atom. The Labute approximate surface area is 142 Å². The first-order valence-electron chi connectivity index (χ1n) is 8.26. The monoisotopic (exact) mass is 331 g/mol. The van der Waals surface area contributed by atoms with Gasteiger partial charge in [0, 0.05) is 12.0 Å². The summed E-state index contributed by atoms with van der Waals surface area (Å²) in [6.07, 6.45) is 1.66. The van der Waals surface area contributed by atoms with Crippen molar-refractivity contribution in [3.63, 3.8) is 0 Å². The van der Waals surface area contributed by atoms with Gasteiger partial charge in [0.15, 0.2) is 11.5 Å². The second kappa shape index (κ2) is 6.67. The molecular formula is C19H25NO4. The van der Waals surface area contributed by atoms with E-state index in [1.54, 1.807) is 32.9 Å². The van der Waals surface area contributed by atoms with Crippen molar-refractivity contribution in [3.8, 4) is 5.75 Å². The van der Waals surface area contributed by atoms with Crippen molar-refractivity contribution >= 4 is 11.7 Å². The topological polar surface area (TPSA) is 77.8 Å². The molecule has 1 unspecified atom stereocenters. The minimum atomic E-state index is -0.723. The lowest BCUT2D eigenvalue weighted by molar-refractivity contribution is -0.129. The van der Waals surface area contributed by atoms with Crippen molar-refractivity contribution in [2.75, 3.05) is 6.54 Å². The van der Waals surface area contributed by atoms with E-state index in [0.29, 0.717) is 12.1 Å². The quantitative estimate of drug-likeness (QED) is 0.865. The Bertz CT molecular complexity index is 685. The van der Waals surface area contributed by atoms with E-state index in [1.165, 1.54) is 17.0 Å². The van der Waals surface area contributed by atoms with Crippen LogP contribution in [0.25, 0.3) is 0 Å². The SMILES string of the molecule is CCCCN1C(=O)C(O)=C(C(=O)C(C)(C)C)C1c1cccc(O)c1. The molecule has 1 aliphatic heterocycles. The molecule has 5 nitrogen and oxygen atoms in total. The van der Waals surface area contributed by atoms with Crippen LogP contribution in [0.4, 0.5) is 0 Å². The summed E-state index contributed by atoms with van der Waals surface area (Å²) in [7, 11) is 0. The minimum Gasteiger partial charge on any atom is -0.508 e. The van der Waals surface area contributed by atoms with Crippen LogP contribution in [0, 0.1) is 5.41 Å². The van der Waals surface area contributed by atoms with Crippen LogP contribution >= 0.6 is 0 Å². The van der Waals surface area contributed by atoms with Gasteiger partial charge in [-0.2, -0.15) is 0 Å². The average Bonchev–Trinajstić information content (AvgIpc) is 2.75. The standard InChI is InChI=1S/C19H25NO4/c1-5-6-10-20-15(12-8-7-9-13(21)11-12)14(16(22)18(20)24)17(23)19(2,3)4/h7-9,11,15,21-22H,5-6,10H2,1-4H3. The highest BCUT2D eigenvalue weighted by Crippen LogP contribution is 2.41. The third kappa shape index (κ3) is 3.30. The number of hydrogen-bond acceptors (Lipinski definition) is 4. The van der Waals surface area contributed by atoms with Gasteiger partial charge in [0.2, 0.25) is 0 Å². The zero-order valence-electron chi connectivity index (χ0n) is 14.7. The van der Waals surface area contributed by atoms with E-state index >= 15 is 0 Å². The molecule has 0 radical (unpaired) electrons. The van der Waals surface area contributed by atoms with Crippen LogP contribution in [0.15, 0.2) is 35.6 Å². The molecule has 1 aromatic carbocycles. The number of benzene rings is 1. The molecule has 1 aliphatic rings. The van der Waals surface area contributed by atoms with Crippen molar-refractivity contribution in [2.24, 2.45) is 5.41 Å². The molecule has 2 N–H and O–H groups in total. The van der Waals surface area contributed by atoms with Crippen LogP contribution in [0.5, 0.6) is 5.75 Å². The fourth-order valence-electron chi connectivity index (χ4n) is 2.89. The zero-order valence-corrected chi connectivity index (χ0v) is 14.7. The predicted molar refractivity (Wildman–Crippen MR) is 91.6 cm³/mol. The number of ketones is 1. The van der Waals surface area contributed by atoms with Gasteiger partial charge in [-0.05, 0) is 24.1 Å². The molecular weight excluding hydrogens is 306 g/mol. The molecule has 0 fully saturated rings. The molecule has 0 saturated carbocycles. The Morgan fingerprint density at radius 2 is 1.92 bits per heavy atom. The highest BCUT2D eigenvalue weighted by Gasteiger charge is 2.45. The summed E-state index contributed by atoms with van der Waals surface area (Å²) in [6, 6.07) is 5.83. The van der Waals surface area contributed by atoms with Crippen LogP contribution in [0.2, 0.25) is 0 Å². The number of phenols is 1. The second-order valence-electron chi connectivity index (χ2n) is 7.19. The molecule has 5 heteroatoms. The predicted octanol–water partition coefficient (Wildman–Crippen LogP) is 3.50. The van der Waals surface area contributed by atoms with Gasteiger partial charge in [0.1, 0.15) is 5.75 Å². The molecule has 24 heavy (non-hydrogen) atoms. The first kappa shape index (κ1) is 18.0. The summed E-state index contributed by atoms with van der Waals surface area (Å²) in [5.74, 6) is -1.20. The summed E-state index contributed by atoms with van der Waals surface area (Å²) in [6.45, 7) is 7.73. The first-order valence-corrected chi connectivity index (χ1v) is 8.26. The number of aliphatic hydroxyl groups excluding tert-OH is 1. The van der Waals surface area contributed by atoms with Crippen LogP contribution in [0.3, 0.4) is 0 Å². The second-order valence-corrected chi connectivity index (χ2v) is 7.19. The number of phenolic OH excluding ortho intramolecular Hbond substituents is 1. The van der Waals surface area contributed by atoms with Gasteiger partial charge in [-0.15, -0.1) is 0 Å². The Kier molecular flexibility index (Phi) is 5.02. The maximum atomic E-state index is 12.9. The van der Waals surface area contributed by atoms with Gasteiger partial charge in [-0.1, -0.05) is 46.2 Å². The van der Waals surface area contributed by atoms with Gasteiger partial charge in [-0.3, -0.25) is 9.59 Å². The number of aliphatic hydroxyl groups is 1. The highest BCUT2D eigenvalue weighted by molar-refractivity contribution is 6.10. The number of carbonyl (C=O) groups is 2. The fraction of sp³-hybridized carbons (Fsp3) is 0.474. The largest absolute Gasteiger partial charge is 0.508 e. The Morgan fingerprint density at radius 1 is 1.25 bits per heavy atom. The van der Waals surface area contributed by atoms with Crippen LogP contribution in [-0.4, -0.2) is 33.3 Å². The van der Waals surface area contributed by atoms with E-state index in [0.717, 1.165) is 12.8 Å². The van der Waals surface area contributed by atoms with E-state index < -0.39 is 23.1 Å². The van der Waals surface area contributed by atoms with Gasteiger partial charge >= 0.3 is 0 Å². The summed E-state index contributed by atoms with van der Waals surface area (Å²) in [4.78, 5) is 26.9. The number of carbonyl (C=O) groups excluding carboxylic acids is 2. The molecule has 1 amide bonds. The fourth-order valence-corrected chi connectivity index (χ4v) is 2.89. The van der Waals surface area contributed by atoms with E-state index in [2.05, 4.69) is 0 Å². The molecule has 0 aromatic heterocycles. The van der Waals surface area contributed by atoms with Crippen LogP contribution < -0.4 is 0 Å². The summed E-state index contributed by atoms with van der Waals surface area (Å²) >= 11 is 0. The number of hydrogen-bond donors (Lipinski definition) is 2. The summed E-state index contributed by atoms with van der Waals surface area (Å²) in [5.41, 5.74) is 0.0182. The molecule has 0 aliphatic carbocycles. The van der Waals surface area contributed by atoms with Gasteiger partial charge in [0.05, 0.1) is 11.6 Å². The lowest BCUT2D eigenvalue weighted by atomic mass is 9.82. The molecule has 1 aromatic rings. The van der Waals surface area contributed by atoms with Crippen molar-refractivity contribution in [3.05, 3.63) is 41.2 Å². The first-order chi connectivity index (χ1) is 11.2. The number of amides is 1. The average molecular weight is 331 g/mol. The normalized spacial score (nSPS) is 18.4. The third-order valence-corrected chi connectivity index (χ3v) is 4.17. The van der Waals surface area contributed by atoms with Crippen molar-refractivity contribution in [2.45, 2.75) is 46.6 Å². The minimum absolute atomic E-state index is 0.0596. The molecule has 0 bridgehead atoms. The van der Waals surface area contributed by atoms with Gasteiger partial charge < -0.3 is 15.1 Å². The third-order valence-electron chi connectivity index (χ3n) is 4.17. The zero-order chi connectivity index (χ0) is 18.1. The smallest absolute Gasteiger partial charge is 0.290 e. The number of Topliss-reactive ketones (excluding diaryl/α,β-unsaturated/α-hetero) is 1. The van der Waals surface area contributed by atoms with E-state index in [1.807, 2.05) is 6.92 Å². The Balaban J connectivity index is 2.56. The van der Waals surface area contributed by atoms with E-state index in [9.17, 15) is 19.8 Å². The van der Waals surface area contributed by atoms with Gasteiger partial charge in [0.25, 0.3) is 5.91 Å². The molecule has 1 heterocycles. The summed E-state index contributed by atoms with van der Waals surface area (Å²) < 4.78 is 0. The molecule has 2 rings (SSSR count). The van der Waals surface area contributed by atoms with Crippen LogP contribution in [0.1, 0.15) is 52.1 Å². The molecule has 1 atom stereocenters. The highest BCUT2D eigenvalue weighted by atomic mass is 16.3. The van der Waals surface area contributed by atoms with Crippen molar-refractivity contribution in [1.82, 2.24) is 4.90 Å². The summed E-state index contributed by atoms with van der Waals surface area (Å²) in [5, 5.41) is 20.2. The van der Waals surface area contributed by atoms with Crippen molar-refractivity contribution in [1.29, 1.82) is 0 Å². The van der Waals surface area contributed by atoms with E-state index in [4.69, 9.17) is 0 Å². The molecule has 130 valence electrons. The number of nitrogens with zero attached hydrogens (tertiary/aromatic N) is 1. The Hall–Kier alpha value is -2.30. The van der Waals surface area contributed by atoms with E-state index in [-0.39, 0.29) is 17.1 Å². The lowest BCUT2D eigenvalue weighted by Gasteiger charge is -2.28. The van der Waals surface area contributed by atoms with Crippen LogP contribution in [-0.2, 0) is 9.59 Å². The number of rotatable bonds is 5. The number of unbranched alkanes of at least 4 members (excludes halogenated alkanes) is 1. The lowest BCUT2D eigenvalue weighted by Crippen LogP contribution is -2.33. The van der Waals surface area contributed by atoms with Crippen molar-refractivity contribution < 1.29 is 19.8 Å². The van der Waals surface area contributed by atoms with Gasteiger partial charge in [-0.25, -0.2) is 0 Å². The molecule has 0 saturated heterocycles.